The molecule has 0 aliphatic heterocycles. The van der Waals surface area contributed by atoms with Gasteiger partial charge in [0, 0.05) is 22.1 Å². The Labute approximate surface area is 161 Å². The number of aromatic nitrogens is 3. The second kappa shape index (κ2) is 6.97. The number of alkyl halides is 3. The number of benzene rings is 2. The van der Waals surface area contributed by atoms with Gasteiger partial charge in [0.2, 0.25) is 0 Å². The van der Waals surface area contributed by atoms with Gasteiger partial charge in [0.25, 0.3) is 0 Å². The predicted molar refractivity (Wildman–Crippen MR) is 102 cm³/mol. The maximum atomic E-state index is 12.3. The van der Waals surface area contributed by atoms with Crippen LogP contribution >= 0.6 is 0 Å². The van der Waals surface area contributed by atoms with E-state index in [0.29, 0.717) is 22.8 Å². The van der Waals surface area contributed by atoms with Gasteiger partial charge in [0.1, 0.15) is 11.3 Å². The van der Waals surface area contributed by atoms with Crippen LogP contribution in [0.2, 0.25) is 0 Å². The van der Waals surface area contributed by atoms with E-state index in [4.69, 9.17) is 4.74 Å². The second-order valence-corrected chi connectivity index (χ2v) is 6.16. The summed E-state index contributed by atoms with van der Waals surface area (Å²) in [7, 11) is 1.58. The number of hydrogen-bond acceptors (Lipinski definition) is 5. The summed E-state index contributed by atoms with van der Waals surface area (Å²) in [5.74, 6) is -0.828. The summed E-state index contributed by atoms with van der Waals surface area (Å²) in [6.07, 6.45) is -3.26. The summed E-state index contributed by atoms with van der Waals surface area (Å²) >= 11 is 0. The average molecular weight is 401 g/mol. The Morgan fingerprint density at radius 2 is 1.79 bits per heavy atom. The Balaban J connectivity index is 1.64. The number of methoxy groups -OCH3 is 1. The van der Waals surface area contributed by atoms with E-state index >= 15 is 0 Å². The molecule has 4 aromatic rings. The number of fused-ring (bicyclic) bond motifs is 3. The number of ether oxygens (including phenoxy) is 1. The summed E-state index contributed by atoms with van der Waals surface area (Å²) in [6.45, 7) is 0. The first-order valence-electron chi connectivity index (χ1n) is 8.41. The number of halogens is 3. The normalized spacial score (nSPS) is 11.6. The lowest BCUT2D eigenvalue weighted by Gasteiger charge is -2.11. The van der Waals surface area contributed by atoms with Gasteiger partial charge in [0.15, 0.2) is 5.82 Å². The molecule has 29 heavy (non-hydrogen) atoms. The third-order valence-electron chi connectivity index (χ3n) is 4.27. The van der Waals surface area contributed by atoms with Crippen LogP contribution in [0.5, 0.6) is 5.75 Å². The van der Waals surface area contributed by atoms with Crippen LogP contribution in [-0.2, 0) is 4.79 Å². The number of rotatable bonds is 4. The molecule has 3 N–H and O–H groups in total. The first-order valence-corrected chi connectivity index (χ1v) is 8.41. The van der Waals surface area contributed by atoms with Crippen LogP contribution in [0.25, 0.3) is 21.8 Å². The lowest BCUT2D eigenvalue weighted by molar-refractivity contribution is -0.167. The number of anilines is 3. The number of hydrogen-bond donors (Lipinski definition) is 3. The van der Waals surface area contributed by atoms with Crippen molar-refractivity contribution in [2.75, 3.05) is 17.7 Å². The van der Waals surface area contributed by atoms with E-state index in [0.717, 1.165) is 16.3 Å². The van der Waals surface area contributed by atoms with Crippen LogP contribution in [0.4, 0.5) is 30.4 Å². The first-order chi connectivity index (χ1) is 13.8. The van der Waals surface area contributed by atoms with Gasteiger partial charge < -0.3 is 15.4 Å². The molecule has 0 atom stereocenters. The number of amides is 1. The van der Waals surface area contributed by atoms with Crippen molar-refractivity contribution < 1.29 is 22.7 Å². The van der Waals surface area contributed by atoms with E-state index in [1.54, 1.807) is 24.7 Å². The van der Waals surface area contributed by atoms with Crippen molar-refractivity contribution in [2.24, 2.45) is 0 Å². The molecule has 2 aromatic carbocycles. The van der Waals surface area contributed by atoms with Crippen molar-refractivity contribution in [1.29, 1.82) is 0 Å². The molecule has 0 saturated heterocycles. The number of nitrogens with zero attached hydrogens (tertiary/aromatic N) is 2. The molecule has 0 saturated carbocycles. The number of pyridine rings is 1. The molecular formula is C19H14F3N5O2. The molecule has 10 heteroatoms. The zero-order chi connectivity index (χ0) is 20.6. The predicted octanol–water partition coefficient (Wildman–Crippen LogP) is 4.36. The molecule has 0 aliphatic carbocycles. The molecule has 148 valence electrons. The largest absolute Gasteiger partial charge is 0.497 e. The Kier molecular flexibility index (Phi) is 4.45. The highest BCUT2D eigenvalue weighted by Crippen LogP contribution is 2.32. The lowest BCUT2D eigenvalue weighted by Crippen LogP contribution is -2.29. The average Bonchev–Trinajstić information content (AvgIpc) is 3.19. The van der Waals surface area contributed by atoms with Crippen LogP contribution < -0.4 is 15.4 Å². The monoisotopic (exact) mass is 401 g/mol. The van der Waals surface area contributed by atoms with Crippen LogP contribution in [0.1, 0.15) is 0 Å². The molecule has 0 radical (unpaired) electrons. The minimum atomic E-state index is -4.94. The molecule has 2 aromatic heterocycles. The Bertz CT molecular complexity index is 1200. The van der Waals surface area contributed by atoms with Gasteiger partial charge in [-0.15, -0.1) is 0 Å². The second-order valence-electron chi connectivity index (χ2n) is 6.16. The standard InChI is InChI=1S/C19H14F3N5O2/c1-29-12-6-7-15-13(8-12)14-9-23-27-16(14)17(26-15)24-10-2-4-11(5-3-10)25-18(28)19(20,21)22/h2-9H,1H3,(H,23,27)(H,24,26)(H,25,28). The number of H-pyrrole nitrogens is 1. The molecule has 0 spiro atoms. The molecule has 0 bridgehead atoms. The van der Waals surface area contributed by atoms with Gasteiger partial charge >= 0.3 is 12.1 Å². The van der Waals surface area contributed by atoms with E-state index < -0.39 is 12.1 Å². The van der Waals surface area contributed by atoms with Crippen molar-refractivity contribution >= 4 is 44.9 Å². The Hall–Kier alpha value is -3.82. The lowest BCUT2D eigenvalue weighted by atomic mass is 10.1. The van der Waals surface area contributed by atoms with Crippen LogP contribution in [0.15, 0.2) is 48.7 Å². The van der Waals surface area contributed by atoms with Crippen molar-refractivity contribution in [2.45, 2.75) is 6.18 Å². The molecule has 0 fully saturated rings. The highest BCUT2D eigenvalue weighted by atomic mass is 19.4. The van der Waals surface area contributed by atoms with Crippen LogP contribution in [0.3, 0.4) is 0 Å². The number of nitrogens with one attached hydrogen (secondary N) is 3. The SMILES string of the molecule is COc1ccc2nc(Nc3ccc(NC(=O)C(F)(F)F)cc3)c3[nH]ncc3c2c1. The van der Waals surface area contributed by atoms with Crippen molar-refractivity contribution in [1.82, 2.24) is 15.2 Å². The maximum absolute atomic E-state index is 12.3. The minimum absolute atomic E-state index is 0.0307. The van der Waals surface area contributed by atoms with Gasteiger partial charge in [0.05, 0.1) is 18.8 Å². The smallest absolute Gasteiger partial charge is 0.471 e. The summed E-state index contributed by atoms with van der Waals surface area (Å²) in [5.41, 5.74) is 1.99. The Morgan fingerprint density at radius 1 is 1.07 bits per heavy atom. The quantitative estimate of drug-likeness (QED) is 0.473. The molecule has 0 unspecified atom stereocenters. The number of carbonyl (C=O) groups is 1. The van der Waals surface area contributed by atoms with E-state index in [9.17, 15) is 18.0 Å². The Morgan fingerprint density at radius 3 is 2.48 bits per heavy atom. The summed E-state index contributed by atoms with van der Waals surface area (Å²) in [5, 5.41) is 13.6. The topological polar surface area (TPSA) is 91.9 Å². The van der Waals surface area contributed by atoms with Crippen LogP contribution in [0, 0.1) is 0 Å². The fourth-order valence-electron chi connectivity index (χ4n) is 2.87. The van der Waals surface area contributed by atoms with Gasteiger partial charge in [-0.05, 0) is 42.5 Å². The molecule has 0 aliphatic rings. The maximum Gasteiger partial charge on any atom is 0.471 e. The van der Waals surface area contributed by atoms with Gasteiger partial charge in [-0.25, -0.2) is 4.98 Å². The van der Waals surface area contributed by atoms with Crippen molar-refractivity contribution in [3.63, 3.8) is 0 Å². The third kappa shape index (κ3) is 3.64. The summed E-state index contributed by atoms with van der Waals surface area (Å²) in [6, 6.07) is 11.3. The molecule has 2 heterocycles. The fraction of sp³-hybridized carbons (Fsp3) is 0.105. The first kappa shape index (κ1) is 18.5. The van der Waals surface area contributed by atoms with Crippen molar-refractivity contribution in [3.8, 4) is 5.75 Å². The highest BCUT2D eigenvalue weighted by molar-refractivity contribution is 6.09. The molecular weight excluding hydrogens is 387 g/mol. The molecule has 4 rings (SSSR count). The van der Waals surface area contributed by atoms with E-state index in [2.05, 4.69) is 20.5 Å². The summed E-state index contributed by atoms with van der Waals surface area (Å²) in [4.78, 5) is 15.6. The van der Waals surface area contributed by atoms with Gasteiger partial charge in [-0.1, -0.05) is 0 Å². The van der Waals surface area contributed by atoms with Gasteiger partial charge in [-0.2, -0.15) is 18.3 Å². The van der Waals surface area contributed by atoms with E-state index in [-0.39, 0.29) is 5.69 Å². The fourth-order valence-corrected chi connectivity index (χ4v) is 2.87. The number of carbonyl (C=O) groups excluding carboxylic acids is 1. The third-order valence-corrected chi connectivity index (χ3v) is 4.27. The van der Waals surface area contributed by atoms with Crippen molar-refractivity contribution in [3.05, 3.63) is 48.7 Å². The minimum Gasteiger partial charge on any atom is -0.497 e. The van der Waals surface area contributed by atoms with E-state index in [1.807, 2.05) is 12.1 Å². The van der Waals surface area contributed by atoms with Gasteiger partial charge in [-0.3, -0.25) is 9.89 Å². The molecule has 1 amide bonds. The van der Waals surface area contributed by atoms with Crippen LogP contribution in [-0.4, -0.2) is 34.4 Å². The molecule has 7 nitrogen and oxygen atoms in total. The zero-order valence-corrected chi connectivity index (χ0v) is 15.0. The summed E-state index contributed by atoms with van der Waals surface area (Å²) < 4.78 is 42.3. The van der Waals surface area contributed by atoms with E-state index in [1.165, 1.54) is 24.3 Å². The highest BCUT2D eigenvalue weighted by Gasteiger charge is 2.38. The zero-order valence-electron chi connectivity index (χ0n) is 15.0. The number of aromatic amines is 1.